The van der Waals surface area contributed by atoms with Crippen molar-refractivity contribution in [1.82, 2.24) is 10.3 Å². The van der Waals surface area contributed by atoms with Gasteiger partial charge in [-0.25, -0.2) is 0 Å². The van der Waals surface area contributed by atoms with E-state index in [9.17, 15) is 4.79 Å². The number of hydrogen-bond donors (Lipinski definition) is 2. The van der Waals surface area contributed by atoms with Gasteiger partial charge in [0.25, 0.3) is 0 Å². The van der Waals surface area contributed by atoms with E-state index in [0.717, 1.165) is 18.8 Å². The molecule has 1 fully saturated rings. The highest BCUT2D eigenvalue weighted by molar-refractivity contribution is 5.92. The van der Waals surface area contributed by atoms with Gasteiger partial charge in [-0.05, 0) is 6.07 Å². The molecule has 0 radical (unpaired) electrons. The fourth-order valence-electron chi connectivity index (χ4n) is 1.75. The van der Waals surface area contributed by atoms with Crippen LogP contribution in [0.15, 0.2) is 18.5 Å². The summed E-state index contributed by atoms with van der Waals surface area (Å²) in [5, 5.41) is 3.21. The zero-order valence-corrected chi connectivity index (χ0v) is 9.40. The van der Waals surface area contributed by atoms with Gasteiger partial charge in [0.1, 0.15) is 0 Å². The molecular formula is C11H17N3O2. The highest BCUT2D eigenvalue weighted by atomic mass is 16.5. The van der Waals surface area contributed by atoms with E-state index >= 15 is 0 Å². The number of H-pyrrole nitrogens is 1. The zero-order chi connectivity index (χ0) is 11.4. The average Bonchev–Trinajstić information content (AvgIpc) is 2.83. The molecule has 2 rings (SSSR count). The van der Waals surface area contributed by atoms with Crippen LogP contribution in [0.4, 0.5) is 5.69 Å². The Labute approximate surface area is 94.8 Å². The molecule has 1 saturated heterocycles. The predicted molar refractivity (Wildman–Crippen MR) is 61.4 cm³/mol. The average molecular weight is 223 g/mol. The summed E-state index contributed by atoms with van der Waals surface area (Å²) in [4.78, 5) is 16.5. The molecule has 1 unspecified atom stereocenters. The predicted octanol–water partition coefficient (Wildman–Crippen LogP) is 0.356. The molecule has 0 saturated carbocycles. The lowest BCUT2D eigenvalue weighted by Crippen LogP contribution is -2.41. The van der Waals surface area contributed by atoms with Crippen LogP contribution in [0.3, 0.4) is 0 Å². The van der Waals surface area contributed by atoms with Crippen molar-refractivity contribution in [2.45, 2.75) is 12.5 Å². The highest BCUT2D eigenvalue weighted by Gasteiger charge is 2.20. The maximum atomic E-state index is 11.9. The standard InChI is InChI=1S/C11H17N3O2/c1-14(9-2-3-12-7-9)11(15)6-10-8-13-4-5-16-10/h2-3,7,10,12-13H,4-6,8H2,1H3. The molecule has 2 heterocycles. The summed E-state index contributed by atoms with van der Waals surface area (Å²) in [6.07, 6.45) is 4.03. The molecule has 0 spiro atoms. The van der Waals surface area contributed by atoms with Gasteiger partial charge in [0.15, 0.2) is 0 Å². The first-order valence-corrected chi connectivity index (χ1v) is 5.49. The van der Waals surface area contributed by atoms with E-state index < -0.39 is 0 Å². The van der Waals surface area contributed by atoms with Crippen molar-refractivity contribution in [2.24, 2.45) is 0 Å². The first kappa shape index (κ1) is 11.2. The number of hydrogen-bond acceptors (Lipinski definition) is 3. The fourth-order valence-corrected chi connectivity index (χ4v) is 1.75. The minimum Gasteiger partial charge on any atom is -0.375 e. The summed E-state index contributed by atoms with van der Waals surface area (Å²) in [5.74, 6) is 0.0771. The molecule has 0 aromatic carbocycles. The lowest BCUT2D eigenvalue weighted by atomic mass is 10.2. The largest absolute Gasteiger partial charge is 0.375 e. The van der Waals surface area contributed by atoms with Gasteiger partial charge >= 0.3 is 0 Å². The van der Waals surface area contributed by atoms with Crippen LogP contribution in [0.25, 0.3) is 0 Å². The number of aromatic nitrogens is 1. The fraction of sp³-hybridized carbons (Fsp3) is 0.545. The van der Waals surface area contributed by atoms with Gasteiger partial charge in [-0.1, -0.05) is 0 Å². The molecule has 1 aliphatic heterocycles. The Balaban J connectivity index is 1.87. The van der Waals surface area contributed by atoms with Crippen molar-refractivity contribution in [3.05, 3.63) is 18.5 Å². The Morgan fingerprint density at radius 2 is 2.56 bits per heavy atom. The van der Waals surface area contributed by atoms with Gasteiger partial charge in [0.05, 0.1) is 24.8 Å². The number of carbonyl (C=O) groups is 1. The molecule has 1 atom stereocenters. The molecule has 16 heavy (non-hydrogen) atoms. The van der Waals surface area contributed by atoms with E-state index in [1.807, 2.05) is 6.07 Å². The lowest BCUT2D eigenvalue weighted by Gasteiger charge is -2.25. The third-order valence-corrected chi connectivity index (χ3v) is 2.75. The quantitative estimate of drug-likeness (QED) is 0.777. The molecule has 1 aromatic rings. The van der Waals surface area contributed by atoms with E-state index in [-0.39, 0.29) is 12.0 Å². The first-order chi connectivity index (χ1) is 7.77. The number of rotatable bonds is 3. The van der Waals surface area contributed by atoms with E-state index in [1.54, 1.807) is 24.3 Å². The van der Waals surface area contributed by atoms with Gasteiger partial charge in [-0.3, -0.25) is 4.79 Å². The van der Waals surface area contributed by atoms with Crippen LogP contribution in [-0.2, 0) is 9.53 Å². The molecule has 1 amide bonds. The van der Waals surface area contributed by atoms with Crippen molar-refractivity contribution in [3.63, 3.8) is 0 Å². The zero-order valence-electron chi connectivity index (χ0n) is 9.40. The molecule has 1 aromatic heterocycles. The second-order valence-corrected chi connectivity index (χ2v) is 3.92. The number of nitrogens with one attached hydrogen (secondary N) is 2. The molecular weight excluding hydrogens is 206 g/mol. The van der Waals surface area contributed by atoms with Crippen LogP contribution in [0.2, 0.25) is 0 Å². The third kappa shape index (κ3) is 2.62. The summed E-state index contributed by atoms with van der Waals surface area (Å²) < 4.78 is 5.50. The normalized spacial score (nSPS) is 20.7. The van der Waals surface area contributed by atoms with Crippen LogP contribution in [0.1, 0.15) is 6.42 Å². The molecule has 0 aliphatic carbocycles. The molecule has 1 aliphatic rings. The molecule has 88 valence electrons. The Hall–Kier alpha value is -1.33. The van der Waals surface area contributed by atoms with Crippen LogP contribution < -0.4 is 10.2 Å². The van der Waals surface area contributed by atoms with Gasteiger partial charge in [0.2, 0.25) is 5.91 Å². The first-order valence-electron chi connectivity index (χ1n) is 5.49. The number of aromatic amines is 1. The van der Waals surface area contributed by atoms with Crippen LogP contribution in [-0.4, -0.2) is 43.7 Å². The molecule has 5 nitrogen and oxygen atoms in total. The topological polar surface area (TPSA) is 57.4 Å². The van der Waals surface area contributed by atoms with Crippen molar-refractivity contribution in [1.29, 1.82) is 0 Å². The number of morpholine rings is 1. The maximum Gasteiger partial charge on any atom is 0.229 e. The second kappa shape index (κ2) is 5.14. The number of carbonyl (C=O) groups excluding carboxylic acids is 1. The minimum absolute atomic E-state index is 0.00245. The Kier molecular flexibility index (Phi) is 3.58. The third-order valence-electron chi connectivity index (χ3n) is 2.75. The summed E-state index contributed by atoms with van der Waals surface area (Å²) in [6, 6.07) is 1.87. The van der Waals surface area contributed by atoms with E-state index in [2.05, 4.69) is 10.3 Å². The van der Waals surface area contributed by atoms with Gasteiger partial charge in [-0.15, -0.1) is 0 Å². The van der Waals surface area contributed by atoms with Crippen molar-refractivity contribution in [3.8, 4) is 0 Å². The second-order valence-electron chi connectivity index (χ2n) is 3.92. The van der Waals surface area contributed by atoms with Crippen molar-refractivity contribution >= 4 is 11.6 Å². The molecule has 0 bridgehead atoms. The Morgan fingerprint density at radius 3 is 3.19 bits per heavy atom. The summed E-state index contributed by atoms with van der Waals surface area (Å²) in [6.45, 7) is 2.32. The van der Waals surface area contributed by atoms with Gasteiger partial charge < -0.3 is 19.9 Å². The monoisotopic (exact) mass is 223 g/mol. The number of nitrogens with zero attached hydrogens (tertiary/aromatic N) is 1. The number of anilines is 1. The van der Waals surface area contributed by atoms with E-state index in [0.29, 0.717) is 13.0 Å². The number of ether oxygens (including phenoxy) is 1. The minimum atomic E-state index is 0.00245. The van der Waals surface area contributed by atoms with Crippen molar-refractivity contribution in [2.75, 3.05) is 31.6 Å². The summed E-state index contributed by atoms with van der Waals surface area (Å²) in [5.41, 5.74) is 0.883. The van der Waals surface area contributed by atoms with E-state index in [1.165, 1.54) is 0 Å². The van der Waals surface area contributed by atoms with Gasteiger partial charge in [-0.2, -0.15) is 0 Å². The lowest BCUT2D eigenvalue weighted by molar-refractivity contribution is -0.121. The number of amides is 1. The summed E-state index contributed by atoms with van der Waals surface area (Å²) >= 11 is 0. The Morgan fingerprint density at radius 1 is 1.69 bits per heavy atom. The van der Waals surface area contributed by atoms with E-state index in [4.69, 9.17) is 4.74 Å². The maximum absolute atomic E-state index is 11.9. The van der Waals surface area contributed by atoms with Crippen molar-refractivity contribution < 1.29 is 9.53 Å². The highest BCUT2D eigenvalue weighted by Crippen LogP contribution is 2.13. The van der Waals surface area contributed by atoms with Crippen LogP contribution in [0, 0.1) is 0 Å². The molecule has 2 N–H and O–H groups in total. The SMILES string of the molecule is CN(C(=O)CC1CNCCO1)c1cc[nH]c1. The molecule has 5 heteroatoms. The smallest absolute Gasteiger partial charge is 0.229 e. The van der Waals surface area contributed by atoms with Gasteiger partial charge in [0, 0.05) is 32.5 Å². The van der Waals surface area contributed by atoms with Crippen LogP contribution >= 0.6 is 0 Å². The Bertz CT molecular complexity index is 331. The van der Waals surface area contributed by atoms with Crippen LogP contribution in [0.5, 0.6) is 0 Å². The summed E-state index contributed by atoms with van der Waals surface area (Å²) in [7, 11) is 1.78.